The van der Waals surface area contributed by atoms with Crippen LogP contribution >= 0.6 is 0 Å². The van der Waals surface area contributed by atoms with Gasteiger partial charge in [0.25, 0.3) is 0 Å². The van der Waals surface area contributed by atoms with Crippen molar-refractivity contribution in [3.8, 4) is 11.5 Å². The Bertz CT molecular complexity index is 1310. The van der Waals surface area contributed by atoms with Gasteiger partial charge in [0.1, 0.15) is 29.4 Å². The van der Waals surface area contributed by atoms with Crippen molar-refractivity contribution in [1.82, 2.24) is 9.80 Å². The first-order chi connectivity index (χ1) is 18.9. The van der Waals surface area contributed by atoms with E-state index >= 15 is 0 Å². The molecule has 7 nitrogen and oxygen atoms in total. The first kappa shape index (κ1) is 26.4. The molecule has 0 aliphatic carbocycles. The number of amides is 3. The molecule has 0 bridgehead atoms. The van der Waals surface area contributed by atoms with Crippen LogP contribution in [0.4, 0.5) is 10.1 Å². The van der Waals surface area contributed by atoms with E-state index < -0.39 is 12.1 Å². The standard InChI is InChI=1S/C31H32FN3O4/c1-21(36)34-17-5-8-28(34)31(38)35-20-23(18-22-6-3-2-4-7-22)19-29(35)30(37)33-25-11-15-27(16-12-25)39-26-13-9-24(32)10-14-26/h2-4,6-7,9-16,23,28-29H,5,8,17-20H2,1H3,(H,33,37)/t23-,28+,29+/m1/s1. The molecule has 3 aromatic carbocycles. The molecular weight excluding hydrogens is 497 g/mol. The number of nitrogens with zero attached hydrogens (tertiary/aromatic N) is 2. The number of hydrogen-bond donors (Lipinski definition) is 1. The largest absolute Gasteiger partial charge is 0.457 e. The van der Waals surface area contributed by atoms with Crippen molar-refractivity contribution < 1.29 is 23.5 Å². The fraction of sp³-hybridized carbons (Fsp3) is 0.323. The minimum Gasteiger partial charge on any atom is -0.457 e. The molecule has 3 amide bonds. The zero-order chi connectivity index (χ0) is 27.4. The number of halogens is 1. The number of hydrogen-bond acceptors (Lipinski definition) is 4. The zero-order valence-electron chi connectivity index (χ0n) is 21.9. The Kier molecular flexibility index (Phi) is 7.91. The van der Waals surface area contributed by atoms with Crippen LogP contribution in [0.1, 0.15) is 31.7 Å². The summed E-state index contributed by atoms with van der Waals surface area (Å²) in [5.41, 5.74) is 1.75. The summed E-state index contributed by atoms with van der Waals surface area (Å²) in [5.74, 6) is 0.323. The summed E-state index contributed by atoms with van der Waals surface area (Å²) in [5, 5.41) is 2.96. The van der Waals surface area contributed by atoms with Gasteiger partial charge in [0.05, 0.1) is 0 Å². The second-order valence-corrected chi connectivity index (χ2v) is 10.2. The summed E-state index contributed by atoms with van der Waals surface area (Å²) in [6.45, 7) is 2.52. The van der Waals surface area contributed by atoms with E-state index in [2.05, 4.69) is 17.4 Å². The van der Waals surface area contributed by atoms with Gasteiger partial charge < -0.3 is 19.9 Å². The van der Waals surface area contributed by atoms with Gasteiger partial charge >= 0.3 is 0 Å². The number of carbonyl (C=O) groups excluding carboxylic acids is 3. The molecule has 5 rings (SSSR count). The van der Waals surface area contributed by atoms with E-state index in [1.807, 2.05) is 18.2 Å². The fourth-order valence-electron chi connectivity index (χ4n) is 5.57. The summed E-state index contributed by atoms with van der Waals surface area (Å²) < 4.78 is 18.9. The molecule has 39 heavy (non-hydrogen) atoms. The Morgan fingerprint density at radius 3 is 2.23 bits per heavy atom. The quantitative estimate of drug-likeness (QED) is 0.466. The number of rotatable bonds is 7. The van der Waals surface area contributed by atoms with Crippen molar-refractivity contribution in [3.63, 3.8) is 0 Å². The molecular formula is C31H32FN3O4. The highest BCUT2D eigenvalue weighted by atomic mass is 19.1. The van der Waals surface area contributed by atoms with E-state index in [9.17, 15) is 18.8 Å². The number of benzene rings is 3. The van der Waals surface area contributed by atoms with Crippen LogP contribution in [0.2, 0.25) is 0 Å². The lowest BCUT2D eigenvalue weighted by Crippen LogP contribution is -2.51. The summed E-state index contributed by atoms with van der Waals surface area (Å²) in [6, 6.07) is 21.6. The molecule has 0 aromatic heterocycles. The molecule has 2 saturated heterocycles. The molecule has 2 aliphatic rings. The highest BCUT2D eigenvalue weighted by molar-refractivity contribution is 5.99. The van der Waals surface area contributed by atoms with Crippen LogP contribution in [-0.4, -0.2) is 52.7 Å². The second kappa shape index (κ2) is 11.7. The lowest BCUT2D eigenvalue weighted by molar-refractivity contribution is -0.145. The number of likely N-dealkylation sites (tertiary alicyclic amines) is 2. The van der Waals surface area contributed by atoms with Crippen molar-refractivity contribution in [1.29, 1.82) is 0 Å². The van der Waals surface area contributed by atoms with E-state index in [1.165, 1.54) is 24.6 Å². The molecule has 8 heteroatoms. The SMILES string of the molecule is CC(=O)N1CCC[C@H]1C(=O)N1C[C@H](Cc2ccccc2)C[C@H]1C(=O)Nc1ccc(Oc2ccc(F)cc2)cc1. The first-order valence-corrected chi connectivity index (χ1v) is 13.3. The van der Waals surface area contributed by atoms with Gasteiger partial charge in [-0.15, -0.1) is 0 Å². The predicted octanol–water partition coefficient (Wildman–Crippen LogP) is 5.03. The van der Waals surface area contributed by atoms with Crippen LogP contribution < -0.4 is 10.1 Å². The maximum Gasteiger partial charge on any atom is 0.247 e. The van der Waals surface area contributed by atoms with E-state index in [-0.39, 0.29) is 29.5 Å². The molecule has 0 unspecified atom stereocenters. The first-order valence-electron chi connectivity index (χ1n) is 13.3. The van der Waals surface area contributed by atoms with Gasteiger partial charge in [0.2, 0.25) is 17.7 Å². The van der Waals surface area contributed by atoms with Gasteiger partial charge in [0.15, 0.2) is 0 Å². The third kappa shape index (κ3) is 6.28. The smallest absolute Gasteiger partial charge is 0.247 e. The third-order valence-electron chi connectivity index (χ3n) is 7.45. The minimum absolute atomic E-state index is 0.116. The molecule has 2 aliphatic heterocycles. The summed E-state index contributed by atoms with van der Waals surface area (Å²) in [6.07, 6.45) is 2.71. The Hall–Kier alpha value is -4.20. The molecule has 1 N–H and O–H groups in total. The highest BCUT2D eigenvalue weighted by Gasteiger charge is 2.44. The average molecular weight is 530 g/mol. The van der Waals surface area contributed by atoms with Gasteiger partial charge in [-0.2, -0.15) is 0 Å². The summed E-state index contributed by atoms with van der Waals surface area (Å²) in [7, 11) is 0. The van der Waals surface area contributed by atoms with Gasteiger partial charge in [-0.1, -0.05) is 30.3 Å². The Labute approximate surface area is 227 Å². The normalized spacial score (nSPS) is 20.6. The Balaban J connectivity index is 1.29. The van der Waals surface area contributed by atoms with E-state index in [0.29, 0.717) is 43.1 Å². The van der Waals surface area contributed by atoms with Crippen molar-refractivity contribution in [3.05, 3.63) is 90.2 Å². The predicted molar refractivity (Wildman–Crippen MR) is 146 cm³/mol. The van der Waals surface area contributed by atoms with E-state index in [1.54, 1.807) is 46.2 Å². The maximum absolute atomic E-state index is 13.7. The molecule has 0 saturated carbocycles. The van der Waals surface area contributed by atoms with Crippen LogP contribution in [0.3, 0.4) is 0 Å². The lowest BCUT2D eigenvalue weighted by Gasteiger charge is -2.30. The molecule has 0 radical (unpaired) electrons. The van der Waals surface area contributed by atoms with Gasteiger partial charge in [0, 0.05) is 25.7 Å². The Morgan fingerprint density at radius 2 is 1.56 bits per heavy atom. The number of ether oxygens (including phenoxy) is 1. The van der Waals surface area contributed by atoms with E-state index in [4.69, 9.17) is 4.74 Å². The lowest BCUT2D eigenvalue weighted by atomic mass is 9.96. The summed E-state index contributed by atoms with van der Waals surface area (Å²) in [4.78, 5) is 42.6. The van der Waals surface area contributed by atoms with E-state index in [0.717, 1.165) is 12.8 Å². The van der Waals surface area contributed by atoms with Crippen LogP contribution in [0.5, 0.6) is 11.5 Å². The Morgan fingerprint density at radius 1 is 0.897 bits per heavy atom. The molecule has 3 atom stereocenters. The van der Waals surface area contributed by atoms with Crippen molar-refractivity contribution in [2.24, 2.45) is 5.92 Å². The molecule has 3 aromatic rings. The fourth-order valence-corrected chi connectivity index (χ4v) is 5.57. The second-order valence-electron chi connectivity index (χ2n) is 10.2. The van der Waals surface area contributed by atoms with Gasteiger partial charge in [-0.25, -0.2) is 4.39 Å². The van der Waals surface area contributed by atoms with Crippen LogP contribution in [0, 0.1) is 11.7 Å². The maximum atomic E-state index is 13.7. The monoisotopic (exact) mass is 529 g/mol. The highest BCUT2D eigenvalue weighted by Crippen LogP contribution is 2.31. The average Bonchev–Trinajstić information content (AvgIpc) is 3.59. The van der Waals surface area contributed by atoms with Crippen LogP contribution in [-0.2, 0) is 20.8 Å². The minimum atomic E-state index is -0.629. The zero-order valence-corrected chi connectivity index (χ0v) is 21.9. The molecule has 2 fully saturated rings. The van der Waals surface area contributed by atoms with Gasteiger partial charge in [-0.3, -0.25) is 14.4 Å². The van der Waals surface area contributed by atoms with Gasteiger partial charge in [-0.05, 0) is 85.7 Å². The van der Waals surface area contributed by atoms with Crippen molar-refractivity contribution in [2.45, 2.75) is 44.7 Å². The molecule has 2 heterocycles. The number of nitrogens with one attached hydrogen (secondary N) is 1. The van der Waals surface area contributed by atoms with Crippen molar-refractivity contribution >= 4 is 23.4 Å². The molecule has 0 spiro atoms. The number of anilines is 1. The molecule has 202 valence electrons. The summed E-state index contributed by atoms with van der Waals surface area (Å²) >= 11 is 0. The van der Waals surface area contributed by atoms with Crippen LogP contribution in [0.25, 0.3) is 0 Å². The third-order valence-corrected chi connectivity index (χ3v) is 7.45. The van der Waals surface area contributed by atoms with Crippen LogP contribution in [0.15, 0.2) is 78.9 Å². The number of carbonyl (C=O) groups is 3. The van der Waals surface area contributed by atoms with Crippen molar-refractivity contribution in [2.75, 3.05) is 18.4 Å². The topological polar surface area (TPSA) is 79.0 Å².